The van der Waals surface area contributed by atoms with Gasteiger partial charge >= 0.3 is 0 Å². The lowest BCUT2D eigenvalue weighted by Gasteiger charge is -2.29. The molecular weight excluding hydrogens is 345 g/mol. The van der Waals surface area contributed by atoms with Crippen molar-refractivity contribution in [1.82, 2.24) is 34.4 Å². The van der Waals surface area contributed by atoms with Crippen LogP contribution in [0.15, 0.2) is 37.1 Å². The molecule has 4 heterocycles. The van der Waals surface area contributed by atoms with Gasteiger partial charge < -0.3 is 0 Å². The van der Waals surface area contributed by atoms with Gasteiger partial charge in [-0.2, -0.15) is 10.2 Å². The number of aromatic nitrogens is 6. The molecule has 4 rings (SSSR count). The summed E-state index contributed by atoms with van der Waals surface area (Å²) in [4.78, 5) is 10.8. The summed E-state index contributed by atoms with van der Waals surface area (Å²) < 4.78 is 16.4. The van der Waals surface area contributed by atoms with Gasteiger partial charge in [0.05, 0.1) is 25.0 Å². The topological polar surface area (TPSA) is 64.7 Å². The van der Waals surface area contributed by atoms with Crippen molar-refractivity contribution in [2.45, 2.75) is 39.9 Å². The summed E-state index contributed by atoms with van der Waals surface area (Å²) in [6.07, 6.45) is 7.96. The number of nitrogens with zero attached hydrogens (tertiary/aromatic N) is 7. The molecule has 0 aliphatic carbocycles. The van der Waals surface area contributed by atoms with Crippen molar-refractivity contribution >= 4 is 0 Å². The highest BCUT2D eigenvalue weighted by Crippen LogP contribution is 2.31. The van der Waals surface area contributed by atoms with Gasteiger partial charge in [-0.05, 0) is 24.0 Å². The normalized spacial score (nSPS) is 16.9. The molecule has 0 bridgehead atoms. The van der Waals surface area contributed by atoms with Crippen molar-refractivity contribution in [3.05, 3.63) is 54.1 Å². The quantitative estimate of drug-likeness (QED) is 0.691. The van der Waals surface area contributed by atoms with Crippen LogP contribution in [0.3, 0.4) is 0 Å². The fourth-order valence-electron chi connectivity index (χ4n) is 3.84. The molecule has 142 valence electrons. The Morgan fingerprint density at radius 2 is 2.00 bits per heavy atom. The second-order valence-electron chi connectivity index (χ2n) is 7.81. The molecule has 8 heteroatoms. The van der Waals surface area contributed by atoms with Crippen molar-refractivity contribution in [3.8, 4) is 5.69 Å². The molecule has 27 heavy (non-hydrogen) atoms. The average molecular weight is 369 g/mol. The number of pyridine rings is 1. The maximum atomic E-state index is 12.7. The van der Waals surface area contributed by atoms with Crippen molar-refractivity contribution in [2.75, 3.05) is 13.2 Å². The number of hydrogen-bond donors (Lipinski definition) is 0. The van der Waals surface area contributed by atoms with E-state index in [0.29, 0.717) is 6.54 Å². The van der Waals surface area contributed by atoms with E-state index in [9.17, 15) is 4.39 Å². The molecule has 0 fully saturated rings. The van der Waals surface area contributed by atoms with Crippen molar-refractivity contribution in [1.29, 1.82) is 0 Å². The molecule has 0 saturated heterocycles. The monoisotopic (exact) mass is 369 g/mol. The number of aryl methyl sites for hydroxylation is 1. The highest BCUT2D eigenvalue weighted by Gasteiger charge is 2.31. The van der Waals surface area contributed by atoms with Crippen LogP contribution in [-0.2, 0) is 26.1 Å². The van der Waals surface area contributed by atoms with Crippen LogP contribution in [0.2, 0.25) is 0 Å². The standard InChI is InChI=1S/C19H24FN7/c1-19(2)9-17-15(10-23-27(17)16-3-6-21-7-4-16)11-25(13-19)12-18-22-14-24-26(18)8-5-20/h3-4,6-7,10,14H,5,8-9,11-13H2,1-2H3. The van der Waals surface area contributed by atoms with Crippen molar-refractivity contribution in [3.63, 3.8) is 0 Å². The van der Waals surface area contributed by atoms with E-state index in [2.05, 4.69) is 38.9 Å². The molecule has 0 radical (unpaired) electrons. The zero-order chi connectivity index (χ0) is 18.9. The largest absolute Gasteiger partial charge is 0.291 e. The van der Waals surface area contributed by atoms with Gasteiger partial charge in [-0.25, -0.2) is 18.7 Å². The summed E-state index contributed by atoms with van der Waals surface area (Å²) in [7, 11) is 0. The number of hydrogen-bond acceptors (Lipinski definition) is 5. The molecule has 3 aromatic rings. The second-order valence-corrected chi connectivity index (χ2v) is 7.81. The lowest BCUT2D eigenvalue weighted by atomic mass is 9.87. The minimum absolute atomic E-state index is 0.0704. The summed E-state index contributed by atoms with van der Waals surface area (Å²) in [6.45, 7) is 6.69. The summed E-state index contributed by atoms with van der Waals surface area (Å²) in [5, 5.41) is 8.77. The molecule has 0 spiro atoms. The molecule has 0 saturated carbocycles. The van der Waals surface area contributed by atoms with Crippen LogP contribution < -0.4 is 0 Å². The predicted octanol–water partition coefficient (Wildman–Crippen LogP) is 2.41. The highest BCUT2D eigenvalue weighted by atomic mass is 19.1. The molecule has 0 N–H and O–H groups in total. The Morgan fingerprint density at radius 1 is 1.19 bits per heavy atom. The average Bonchev–Trinajstić information content (AvgIpc) is 3.20. The molecule has 7 nitrogen and oxygen atoms in total. The van der Waals surface area contributed by atoms with Gasteiger partial charge in [-0.1, -0.05) is 13.8 Å². The van der Waals surface area contributed by atoms with E-state index in [-0.39, 0.29) is 12.0 Å². The van der Waals surface area contributed by atoms with Crippen LogP contribution in [0.25, 0.3) is 5.69 Å². The van der Waals surface area contributed by atoms with E-state index in [0.717, 1.165) is 31.0 Å². The molecular formula is C19H24FN7. The van der Waals surface area contributed by atoms with Crippen LogP contribution in [0.4, 0.5) is 4.39 Å². The zero-order valence-electron chi connectivity index (χ0n) is 15.7. The highest BCUT2D eigenvalue weighted by molar-refractivity contribution is 5.34. The molecule has 1 aliphatic heterocycles. The lowest BCUT2D eigenvalue weighted by molar-refractivity contribution is 0.166. The minimum atomic E-state index is -0.440. The first kappa shape index (κ1) is 17.8. The lowest BCUT2D eigenvalue weighted by Crippen LogP contribution is -2.33. The zero-order valence-corrected chi connectivity index (χ0v) is 15.7. The molecule has 0 aromatic carbocycles. The number of rotatable bonds is 5. The number of alkyl halides is 1. The first-order chi connectivity index (χ1) is 13.1. The van der Waals surface area contributed by atoms with Crippen LogP contribution in [0.1, 0.15) is 30.9 Å². The minimum Gasteiger partial charge on any atom is -0.291 e. The first-order valence-electron chi connectivity index (χ1n) is 9.17. The smallest absolute Gasteiger partial charge is 0.141 e. The maximum absolute atomic E-state index is 12.7. The van der Waals surface area contributed by atoms with Gasteiger partial charge in [-0.3, -0.25) is 9.88 Å². The third-order valence-corrected chi connectivity index (χ3v) is 4.91. The third kappa shape index (κ3) is 3.75. The van der Waals surface area contributed by atoms with Crippen LogP contribution >= 0.6 is 0 Å². The molecule has 3 aromatic heterocycles. The van der Waals surface area contributed by atoms with Crippen LogP contribution in [-0.4, -0.2) is 47.6 Å². The third-order valence-electron chi connectivity index (χ3n) is 4.91. The van der Waals surface area contributed by atoms with Crippen LogP contribution in [0.5, 0.6) is 0 Å². The van der Waals surface area contributed by atoms with Crippen molar-refractivity contribution in [2.24, 2.45) is 5.41 Å². The van der Waals surface area contributed by atoms with Gasteiger partial charge in [-0.15, -0.1) is 0 Å². The van der Waals surface area contributed by atoms with E-state index in [1.54, 1.807) is 17.1 Å². The molecule has 0 amide bonds. The van der Waals surface area contributed by atoms with E-state index in [1.807, 2.05) is 23.0 Å². The SMILES string of the molecule is CC1(C)Cc2c(cnn2-c2ccncc2)CN(Cc2ncnn2CCF)C1. The van der Waals surface area contributed by atoms with Gasteiger partial charge in [0.15, 0.2) is 0 Å². The van der Waals surface area contributed by atoms with Gasteiger partial charge in [0.25, 0.3) is 0 Å². The van der Waals surface area contributed by atoms with E-state index in [4.69, 9.17) is 0 Å². The van der Waals surface area contributed by atoms with Gasteiger partial charge in [0.1, 0.15) is 18.8 Å². The van der Waals surface area contributed by atoms with E-state index < -0.39 is 6.67 Å². The summed E-state index contributed by atoms with van der Waals surface area (Å²) in [6, 6.07) is 3.95. The van der Waals surface area contributed by atoms with Gasteiger partial charge in [0.2, 0.25) is 0 Å². The summed E-state index contributed by atoms with van der Waals surface area (Å²) in [5.74, 6) is 0.799. The molecule has 1 aliphatic rings. The van der Waals surface area contributed by atoms with E-state index >= 15 is 0 Å². The van der Waals surface area contributed by atoms with E-state index in [1.165, 1.54) is 17.6 Å². The Hall–Kier alpha value is -2.61. The second kappa shape index (κ2) is 7.19. The maximum Gasteiger partial charge on any atom is 0.141 e. The Labute approximate surface area is 157 Å². The molecule has 0 unspecified atom stereocenters. The number of halogens is 1. The predicted molar refractivity (Wildman–Crippen MR) is 99.0 cm³/mol. The fraction of sp³-hybridized carbons (Fsp3) is 0.474. The Balaban J connectivity index is 1.63. The summed E-state index contributed by atoms with van der Waals surface area (Å²) in [5.41, 5.74) is 3.55. The van der Waals surface area contributed by atoms with Crippen molar-refractivity contribution < 1.29 is 4.39 Å². The van der Waals surface area contributed by atoms with Gasteiger partial charge in [0, 0.05) is 36.7 Å². The first-order valence-corrected chi connectivity index (χ1v) is 9.17. The Kier molecular flexibility index (Phi) is 4.73. The Bertz CT molecular complexity index is 900. The van der Waals surface area contributed by atoms with Crippen LogP contribution in [0, 0.1) is 5.41 Å². The summed E-state index contributed by atoms with van der Waals surface area (Å²) >= 11 is 0. The fourth-order valence-corrected chi connectivity index (χ4v) is 3.84. The number of fused-ring (bicyclic) bond motifs is 1. The molecule has 0 atom stereocenters. The Morgan fingerprint density at radius 3 is 2.78 bits per heavy atom.